The SMILES string of the molecule is CCc1cc(-c2[nH]ncc2C=O)ccc1OC. The van der Waals surface area contributed by atoms with E-state index in [9.17, 15) is 4.79 Å². The number of aromatic nitrogens is 2. The Morgan fingerprint density at radius 2 is 2.29 bits per heavy atom. The van der Waals surface area contributed by atoms with E-state index < -0.39 is 0 Å². The summed E-state index contributed by atoms with van der Waals surface area (Å²) in [5.74, 6) is 0.864. The molecular formula is C13H14N2O2. The van der Waals surface area contributed by atoms with Gasteiger partial charge in [-0.25, -0.2) is 0 Å². The highest BCUT2D eigenvalue weighted by atomic mass is 16.5. The minimum atomic E-state index is 0.567. The first-order valence-electron chi connectivity index (χ1n) is 5.46. The summed E-state index contributed by atoms with van der Waals surface area (Å²) in [7, 11) is 1.65. The molecule has 4 heteroatoms. The second-order valence-corrected chi connectivity index (χ2v) is 3.70. The van der Waals surface area contributed by atoms with Crippen LogP contribution in [-0.4, -0.2) is 23.6 Å². The van der Waals surface area contributed by atoms with E-state index in [4.69, 9.17) is 4.74 Å². The molecule has 0 aliphatic carbocycles. The molecule has 0 bridgehead atoms. The lowest BCUT2D eigenvalue weighted by molar-refractivity contribution is 0.112. The van der Waals surface area contributed by atoms with Crippen LogP contribution in [0.4, 0.5) is 0 Å². The van der Waals surface area contributed by atoms with Crippen molar-refractivity contribution < 1.29 is 9.53 Å². The number of carbonyl (C=O) groups excluding carboxylic acids is 1. The number of benzene rings is 1. The molecule has 0 radical (unpaired) electrons. The zero-order valence-corrected chi connectivity index (χ0v) is 9.86. The van der Waals surface area contributed by atoms with Gasteiger partial charge in [0.05, 0.1) is 24.6 Å². The Morgan fingerprint density at radius 1 is 1.47 bits per heavy atom. The minimum Gasteiger partial charge on any atom is -0.496 e. The van der Waals surface area contributed by atoms with E-state index in [2.05, 4.69) is 17.1 Å². The molecule has 0 fully saturated rings. The van der Waals surface area contributed by atoms with Gasteiger partial charge in [-0.15, -0.1) is 0 Å². The number of aromatic amines is 1. The van der Waals surface area contributed by atoms with E-state index >= 15 is 0 Å². The molecule has 0 spiro atoms. The summed E-state index contributed by atoms with van der Waals surface area (Å²) in [4.78, 5) is 10.9. The fourth-order valence-corrected chi connectivity index (χ4v) is 1.83. The number of hydrogen-bond acceptors (Lipinski definition) is 3. The van der Waals surface area contributed by atoms with E-state index in [1.807, 2.05) is 18.2 Å². The molecule has 88 valence electrons. The highest BCUT2D eigenvalue weighted by Gasteiger charge is 2.09. The fraction of sp³-hybridized carbons (Fsp3) is 0.231. The van der Waals surface area contributed by atoms with E-state index in [1.165, 1.54) is 6.20 Å². The summed E-state index contributed by atoms with van der Waals surface area (Å²) in [6.07, 6.45) is 3.20. The van der Waals surface area contributed by atoms with Crippen LogP contribution in [0.1, 0.15) is 22.8 Å². The number of aldehydes is 1. The van der Waals surface area contributed by atoms with E-state index in [1.54, 1.807) is 7.11 Å². The topological polar surface area (TPSA) is 55.0 Å². The molecule has 0 atom stereocenters. The van der Waals surface area contributed by atoms with Crippen LogP contribution in [0.3, 0.4) is 0 Å². The van der Waals surface area contributed by atoms with Crippen LogP contribution < -0.4 is 4.74 Å². The second kappa shape index (κ2) is 4.82. The predicted octanol–water partition coefficient (Wildman–Crippen LogP) is 2.46. The molecule has 1 aromatic carbocycles. The zero-order valence-electron chi connectivity index (χ0n) is 9.86. The Morgan fingerprint density at radius 3 is 2.94 bits per heavy atom. The molecular weight excluding hydrogens is 216 g/mol. The number of aryl methyl sites for hydroxylation is 1. The van der Waals surface area contributed by atoms with Gasteiger partial charge in [-0.2, -0.15) is 5.10 Å². The fourth-order valence-electron chi connectivity index (χ4n) is 1.83. The zero-order chi connectivity index (χ0) is 12.3. The lowest BCUT2D eigenvalue weighted by atomic mass is 10.0. The lowest BCUT2D eigenvalue weighted by Gasteiger charge is -2.08. The third kappa shape index (κ3) is 2.06. The Kier molecular flexibility index (Phi) is 3.23. The van der Waals surface area contributed by atoms with Gasteiger partial charge in [-0.3, -0.25) is 9.89 Å². The molecule has 1 N–H and O–H groups in total. The van der Waals surface area contributed by atoms with Crippen LogP contribution in [-0.2, 0) is 6.42 Å². The van der Waals surface area contributed by atoms with Crippen molar-refractivity contribution in [1.82, 2.24) is 10.2 Å². The predicted molar refractivity (Wildman–Crippen MR) is 65.3 cm³/mol. The Labute approximate surface area is 99.6 Å². The maximum Gasteiger partial charge on any atom is 0.153 e. The summed E-state index contributed by atoms with van der Waals surface area (Å²) < 4.78 is 5.27. The molecule has 0 aliphatic rings. The molecule has 1 aromatic heterocycles. The third-order valence-electron chi connectivity index (χ3n) is 2.75. The minimum absolute atomic E-state index is 0.567. The first-order chi connectivity index (χ1) is 8.30. The number of nitrogens with one attached hydrogen (secondary N) is 1. The van der Waals surface area contributed by atoms with Crippen molar-refractivity contribution in [2.75, 3.05) is 7.11 Å². The van der Waals surface area contributed by atoms with Crippen molar-refractivity contribution in [3.05, 3.63) is 35.5 Å². The van der Waals surface area contributed by atoms with Gasteiger partial charge >= 0.3 is 0 Å². The van der Waals surface area contributed by atoms with Gasteiger partial charge in [0.15, 0.2) is 6.29 Å². The number of H-pyrrole nitrogens is 1. The van der Waals surface area contributed by atoms with Gasteiger partial charge in [0.25, 0.3) is 0 Å². The number of carbonyl (C=O) groups is 1. The van der Waals surface area contributed by atoms with Gasteiger partial charge in [-0.1, -0.05) is 6.92 Å². The van der Waals surface area contributed by atoms with Crippen LogP contribution in [0.25, 0.3) is 11.3 Å². The first-order valence-corrected chi connectivity index (χ1v) is 5.46. The monoisotopic (exact) mass is 230 g/mol. The van der Waals surface area contributed by atoms with E-state index in [0.29, 0.717) is 5.56 Å². The molecule has 0 unspecified atom stereocenters. The molecule has 4 nitrogen and oxygen atoms in total. The molecule has 0 saturated heterocycles. The van der Waals surface area contributed by atoms with Crippen molar-refractivity contribution in [1.29, 1.82) is 0 Å². The van der Waals surface area contributed by atoms with Gasteiger partial charge in [0.2, 0.25) is 0 Å². The van der Waals surface area contributed by atoms with Crippen LogP contribution in [0, 0.1) is 0 Å². The third-order valence-corrected chi connectivity index (χ3v) is 2.75. The maximum absolute atomic E-state index is 10.9. The summed E-state index contributed by atoms with van der Waals surface area (Å²) in [5.41, 5.74) is 3.37. The molecule has 0 aliphatic heterocycles. The first kappa shape index (κ1) is 11.4. The number of methoxy groups -OCH3 is 1. The van der Waals surface area contributed by atoms with Crippen LogP contribution in [0.5, 0.6) is 5.75 Å². The van der Waals surface area contributed by atoms with Gasteiger partial charge in [-0.05, 0) is 30.2 Å². The van der Waals surface area contributed by atoms with Crippen molar-refractivity contribution in [2.24, 2.45) is 0 Å². The van der Waals surface area contributed by atoms with Crippen molar-refractivity contribution in [3.63, 3.8) is 0 Å². The van der Waals surface area contributed by atoms with Crippen molar-refractivity contribution in [3.8, 4) is 17.0 Å². The van der Waals surface area contributed by atoms with Crippen LogP contribution in [0.15, 0.2) is 24.4 Å². The summed E-state index contributed by atoms with van der Waals surface area (Å²) in [5, 5.41) is 6.72. The average molecular weight is 230 g/mol. The highest BCUT2D eigenvalue weighted by molar-refractivity contribution is 5.85. The largest absolute Gasteiger partial charge is 0.496 e. The quantitative estimate of drug-likeness (QED) is 0.821. The maximum atomic E-state index is 10.9. The van der Waals surface area contributed by atoms with Crippen molar-refractivity contribution >= 4 is 6.29 Å². The summed E-state index contributed by atoms with van der Waals surface area (Å²) >= 11 is 0. The Balaban J connectivity index is 2.50. The number of rotatable bonds is 4. The molecule has 1 heterocycles. The second-order valence-electron chi connectivity index (χ2n) is 3.70. The number of ether oxygens (including phenoxy) is 1. The Bertz CT molecular complexity index is 532. The summed E-state index contributed by atoms with van der Waals surface area (Å²) in [6, 6.07) is 5.83. The Hall–Kier alpha value is -2.10. The lowest BCUT2D eigenvalue weighted by Crippen LogP contribution is -1.92. The molecule has 17 heavy (non-hydrogen) atoms. The molecule has 2 rings (SSSR count). The van der Waals surface area contributed by atoms with Gasteiger partial charge in [0, 0.05) is 5.56 Å². The average Bonchev–Trinajstić information content (AvgIpc) is 2.86. The van der Waals surface area contributed by atoms with E-state index in [-0.39, 0.29) is 0 Å². The van der Waals surface area contributed by atoms with Gasteiger partial charge < -0.3 is 4.74 Å². The van der Waals surface area contributed by atoms with Gasteiger partial charge in [0.1, 0.15) is 5.75 Å². The molecule has 0 saturated carbocycles. The highest BCUT2D eigenvalue weighted by Crippen LogP contribution is 2.27. The number of nitrogens with zero attached hydrogens (tertiary/aromatic N) is 1. The standard InChI is InChI=1S/C13H14N2O2/c1-3-9-6-10(4-5-12(9)17-2)13-11(8-16)7-14-15-13/h4-8H,3H2,1-2H3,(H,14,15). The number of hydrogen-bond donors (Lipinski definition) is 1. The van der Waals surface area contributed by atoms with Crippen LogP contribution >= 0.6 is 0 Å². The normalized spacial score (nSPS) is 10.2. The summed E-state index contributed by atoms with van der Waals surface area (Å²) in [6.45, 7) is 2.06. The van der Waals surface area contributed by atoms with Crippen molar-refractivity contribution in [2.45, 2.75) is 13.3 Å². The van der Waals surface area contributed by atoms with E-state index in [0.717, 1.165) is 35.3 Å². The van der Waals surface area contributed by atoms with Crippen LogP contribution in [0.2, 0.25) is 0 Å². The molecule has 0 amide bonds. The smallest absolute Gasteiger partial charge is 0.153 e. The molecule has 2 aromatic rings.